The van der Waals surface area contributed by atoms with E-state index in [0.29, 0.717) is 30.5 Å². The second-order valence-electron chi connectivity index (χ2n) is 8.54. The molecule has 11 heteroatoms. The van der Waals surface area contributed by atoms with Crippen molar-refractivity contribution >= 4 is 59.5 Å². The fourth-order valence-electron chi connectivity index (χ4n) is 4.26. The minimum atomic E-state index is -0.895. The number of aldehydes is 4. The van der Waals surface area contributed by atoms with Gasteiger partial charge in [-0.3, -0.25) is 28.8 Å². The number of rotatable bonds is 10. The molecule has 0 saturated carbocycles. The van der Waals surface area contributed by atoms with Gasteiger partial charge in [0.05, 0.1) is 18.2 Å². The summed E-state index contributed by atoms with van der Waals surface area (Å²) in [6.45, 7) is 1.17. The van der Waals surface area contributed by atoms with Crippen LogP contribution in [0.3, 0.4) is 0 Å². The van der Waals surface area contributed by atoms with E-state index in [1.54, 1.807) is 18.2 Å². The number of amides is 1. The van der Waals surface area contributed by atoms with Crippen LogP contribution >= 0.6 is 0 Å². The van der Waals surface area contributed by atoms with Gasteiger partial charge < -0.3 is 14.8 Å². The maximum Gasteiger partial charge on any atom is 0.347 e. The molecule has 0 bridgehead atoms. The zero-order valence-corrected chi connectivity index (χ0v) is 21.6. The smallest absolute Gasteiger partial charge is 0.347 e. The Bertz CT molecular complexity index is 1780. The highest BCUT2D eigenvalue weighted by molar-refractivity contribution is 6.16. The van der Waals surface area contributed by atoms with Gasteiger partial charge >= 0.3 is 5.97 Å². The first kappa shape index (κ1) is 28.2. The summed E-state index contributed by atoms with van der Waals surface area (Å²) in [7, 11) is 1.24. The van der Waals surface area contributed by atoms with Crippen LogP contribution in [0.1, 0.15) is 79.4 Å². The molecule has 0 spiro atoms. The van der Waals surface area contributed by atoms with Crippen LogP contribution in [0.2, 0.25) is 0 Å². The van der Waals surface area contributed by atoms with Gasteiger partial charge in [-0.25, -0.2) is 9.78 Å². The molecule has 0 aliphatic heterocycles. The first-order chi connectivity index (χ1) is 19.8. The number of pyridine rings is 1. The molecule has 0 atom stereocenters. The van der Waals surface area contributed by atoms with Crippen LogP contribution in [0, 0.1) is 0 Å². The van der Waals surface area contributed by atoms with Crippen molar-refractivity contribution in [3.05, 3.63) is 93.5 Å². The number of esters is 1. The maximum absolute atomic E-state index is 13.1. The van der Waals surface area contributed by atoms with Gasteiger partial charge in [0, 0.05) is 27.6 Å². The van der Waals surface area contributed by atoms with Gasteiger partial charge in [0.1, 0.15) is 22.6 Å². The van der Waals surface area contributed by atoms with E-state index in [4.69, 9.17) is 9.47 Å². The highest BCUT2D eigenvalue weighted by Gasteiger charge is 2.23. The van der Waals surface area contributed by atoms with Crippen molar-refractivity contribution in [2.24, 2.45) is 0 Å². The Morgan fingerprint density at radius 2 is 1.44 bits per heavy atom. The van der Waals surface area contributed by atoms with Gasteiger partial charge in [0.15, 0.2) is 36.7 Å². The molecular weight excluding hydrogens is 532 g/mol. The molecule has 0 saturated heterocycles. The van der Waals surface area contributed by atoms with Gasteiger partial charge in [-0.2, -0.15) is 0 Å². The Morgan fingerprint density at radius 1 is 0.780 bits per heavy atom. The Kier molecular flexibility index (Phi) is 8.18. The summed E-state index contributed by atoms with van der Waals surface area (Å²) in [4.78, 5) is 88.5. The van der Waals surface area contributed by atoms with E-state index >= 15 is 0 Å². The number of para-hydroxylation sites is 1. The molecule has 204 valence electrons. The molecule has 4 rings (SSSR count). The van der Waals surface area contributed by atoms with E-state index in [-0.39, 0.29) is 61.8 Å². The molecule has 1 heterocycles. The number of carbonyl (C=O) groups excluding carboxylic acids is 7. The standard InChI is InChI=1S/C30H20N2O9/c1-16(37)26-20(9-6-18(12-33)22(26)14-35)29(38)32-25-11-8-17-4-3-5-24(27(17)31-25)41-30(39)21-10-7-19(13-34)23(15-36)28(21)40-2/h3-15H,1-2H3,(H,31,32,38). The second-order valence-corrected chi connectivity index (χ2v) is 8.54. The van der Waals surface area contributed by atoms with E-state index < -0.39 is 17.7 Å². The van der Waals surface area contributed by atoms with Gasteiger partial charge in [0.25, 0.3) is 5.91 Å². The van der Waals surface area contributed by atoms with Crippen molar-refractivity contribution < 1.29 is 43.0 Å². The van der Waals surface area contributed by atoms with Crippen molar-refractivity contribution in [2.45, 2.75) is 6.92 Å². The number of nitrogens with one attached hydrogen (secondary N) is 1. The minimum absolute atomic E-state index is 0.0146. The molecule has 0 unspecified atom stereocenters. The van der Waals surface area contributed by atoms with Crippen LogP contribution < -0.4 is 14.8 Å². The summed E-state index contributed by atoms with van der Waals surface area (Å²) >= 11 is 0. The van der Waals surface area contributed by atoms with E-state index in [1.165, 1.54) is 50.4 Å². The summed E-state index contributed by atoms with van der Waals surface area (Å²) in [5.41, 5.74) is -0.565. The number of aromatic nitrogens is 1. The maximum atomic E-state index is 13.1. The Labute approximate surface area is 232 Å². The average molecular weight is 552 g/mol. The molecule has 11 nitrogen and oxygen atoms in total. The lowest BCUT2D eigenvalue weighted by Gasteiger charge is -2.13. The number of benzene rings is 3. The first-order valence-corrected chi connectivity index (χ1v) is 11.9. The van der Waals surface area contributed by atoms with Crippen molar-refractivity contribution in [1.82, 2.24) is 4.98 Å². The second kappa shape index (κ2) is 11.9. The molecule has 1 N–H and O–H groups in total. The quantitative estimate of drug-likeness (QED) is 0.131. The van der Waals surface area contributed by atoms with E-state index in [1.807, 2.05) is 0 Å². The third-order valence-corrected chi connectivity index (χ3v) is 6.15. The number of methoxy groups -OCH3 is 1. The predicted octanol–water partition coefficient (Wildman–Crippen LogP) is 4.17. The number of nitrogens with zero attached hydrogens (tertiary/aromatic N) is 1. The highest BCUT2D eigenvalue weighted by Crippen LogP contribution is 2.30. The lowest BCUT2D eigenvalue weighted by atomic mass is 9.94. The molecule has 0 fully saturated rings. The van der Waals surface area contributed by atoms with Crippen LogP contribution in [-0.2, 0) is 0 Å². The molecule has 3 aromatic carbocycles. The average Bonchev–Trinajstić information content (AvgIpc) is 2.99. The third-order valence-electron chi connectivity index (χ3n) is 6.15. The summed E-state index contributed by atoms with van der Waals surface area (Å²) in [5, 5.41) is 3.10. The van der Waals surface area contributed by atoms with Crippen molar-refractivity contribution in [2.75, 3.05) is 12.4 Å². The van der Waals surface area contributed by atoms with Gasteiger partial charge in [-0.15, -0.1) is 0 Å². The SMILES string of the molecule is COc1c(C(=O)Oc2cccc3ccc(NC(=O)c4ccc(C=O)c(C=O)c4C(C)=O)nc23)ccc(C=O)c1C=O. The van der Waals surface area contributed by atoms with Gasteiger partial charge in [-0.05, 0) is 43.3 Å². The number of anilines is 1. The molecule has 0 aliphatic carbocycles. The molecule has 4 aromatic rings. The number of hydrogen-bond donors (Lipinski definition) is 1. The van der Waals surface area contributed by atoms with E-state index in [9.17, 15) is 33.6 Å². The minimum Gasteiger partial charge on any atom is -0.495 e. The van der Waals surface area contributed by atoms with Crippen molar-refractivity contribution in [1.29, 1.82) is 0 Å². The summed E-state index contributed by atoms with van der Waals surface area (Å²) in [6, 6.07) is 13.0. The number of Topliss-reactive ketones (excluding diaryl/α,β-unsaturated/α-hetero) is 1. The summed E-state index contributed by atoms with van der Waals surface area (Å²) in [5.74, 6) is -2.33. The predicted molar refractivity (Wildman–Crippen MR) is 146 cm³/mol. The molecule has 0 radical (unpaired) electrons. The number of ketones is 1. The molecule has 1 amide bonds. The largest absolute Gasteiger partial charge is 0.495 e. The van der Waals surface area contributed by atoms with Crippen molar-refractivity contribution in [3.8, 4) is 11.5 Å². The first-order valence-electron chi connectivity index (χ1n) is 11.9. The van der Waals surface area contributed by atoms with Crippen LogP contribution in [0.25, 0.3) is 10.9 Å². The topological polar surface area (TPSA) is 163 Å². The monoisotopic (exact) mass is 552 g/mol. The normalized spacial score (nSPS) is 10.4. The summed E-state index contributed by atoms with van der Waals surface area (Å²) in [6.07, 6.45) is 1.61. The lowest BCUT2D eigenvalue weighted by molar-refractivity contribution is 0.0732. The Balaban J connectivity index is 1.70. The van der Waals surface area contributed by atoms with Crippen LogP contribution in [0.5, 0.6) is 11.5 Å². The number of carbonyl (C=O) groups is 7. The van der Waals surface area contributed by atoms with Gasteiger partial charge in [0.2, 0.25) is 0 Å². The molecule has 41 heavy (non-hydrogen) atoms. The van der Waals surface area contributed by atoms with Crippen LogP contribution in [0.4, 0.5) is 5.82 Å². The van der Waals surface area contributed by atoms with Crippen molar-refractivity contribution in [3.63, 3.8) is 0 Å². The highest BCUT2D eigenvalue weighted by atomic mass is 16.5. The molecular formula is C30H20N2O9. The Morgan fingerprint density at radius 3 is 2.05 bits per heavy atom. The molecule has 1 aromatic heterocycles. The zero-order valence-electron chi connectivity index (χ0n) is 21.6. The third kappa shape index (κ3) is 5.36. The van der Waals surface area contributed by atoms with Crippen LogP contribution in [0.15, 0.2) is 54.6 Å². The fraction of sp³-hybridized carbons (Fsp3) is 0.0667. The van der Waals surface area contributed by atoms with Crippen LogP contribution in [-0.4, -0.2) is 54.9 Å². The van der Waals surface area contributed by atoms with E-state index in [0.717, 1.165) is 0 Å². The Hall–Kier alpha value is -5.84. The fourth-order valence-corrected chi connectivity index (χ4v) is 4.26. The number of fused-ring (bicyclic) bond motifs is 1. The number of hydrogen-bond acceptors (Lipinski definition) is 10. The summed E-state index contributed by atoms with van der Waals surface area (Å²) < 4.78 is 10.8. The zero-order chi connectivity index (χ0) is 29.7. The number of ether oxygens (including phenoxy) is 2. The molecule has 0 aliphatic rings. The van der Waals surface area contributed by atoms with E-state index in [2.05, 4.69) is 10.3 Å². The lowest BCUT2D eigenvalue weighted by Crippen LogP contribution is -2.19. The van der Waals surface area contributed by atoms with Gasteiger partial charge in [-0.1, -0.05) is 18.2 Å².